The Labute approximate surface area is 83.1 Å². The largest absolute Gasteiger partial charge is 0.388 e. The van der Waals surface area contributed by atoms with Crippen molar-refractivity contribution in [2.75, 3.05) is 5.33 Å². The third-order valence-corrected chi connectivity index (χ3v) is 3.24. The van der Waals surface area contributed by atoms with Crippen LogP contribution in [0.5, 0.6) is 0 Å². The summed E-state index contributed by atoms with van der Waals surface area (Å²) < 4.78 is 0.734. The third kappa shape index (κ3) is 2.18. The molecule has 0 saturated heterocycles. The van der Waals surface area contributed by atoms with Crippen LogP contribution in [0.15, 0.2) is 6.07 Å². The fourth-order valence-corrected chi connectivity index (χ4v) is 2.48. The smallest absolute Gasteiger partial charge is 0.0934 e. The Morgan fingerprint density at radius 3 is 2.82 bits per heavy atom. The Morgan fingerprint density at radius 2 is 2.45 bits per heavy atom. The van der Waals surface area contributed by atoms with Gasteiger partial charge in [0.25, 0.3) is 0 Å². The van der Waals surface area contributed by atoms with Gasteiger partial charge in [-0.1, -0.05) is 27.5 Å². The highest BCUT2D eigenvalue weighted by atomic mass is 79.9. The summed E-state index contributed by atoms with van der Waals surface area (Å²) in [6, 6.07) is 1.81. The highest BCUT2D eigenvalue weighted by Crippen LogP contribution is 2.30. The van der Waals surface area contributed by atoms with Gasteiger partial charge in [0.15, 0.2) is 0 Å². The number of aryl methyl sites for hydroxylation is 1. The van der Waals surface area contributed by atoms with Crippen molar-refractivity contribution in [1.29, 1.82) is 0 Å². The molecule has 1 heterocycles. The monoisotopic (exact) mass is 254 g/mol. The van der Waals surface area contributed by atoms with Gasteiger partial charge < -0.3 is 5.11 Å². The lowest BCUT2D eigenvalue weighted by Gasteiger charge is -2.04. The molecule has 0 aliphatic carbocycles. The molecule has 0 saturated carbocycles. The van der Waals surface area contributed by atoms with Crippen LogP contribution in [0, 0.1) is 6.92 Å². The lowest BCUT2D eigenvalue weighted by atomic mass is 10.2. The van der Waals surface area contributed by atoms with Gasteiger partial charge in [-0.2, -0.15) is 0 Å². The van der Waals surface area contributed by atoms with E-state index in [1.807, 2.05) is 13.0 Å². The molecule has 0 aliphatic heterocycles. The molecule has 1 aromatic heterocycles. The van der Waals surface area contributed by atoms with Crippen LogP contribution in [-0.4, -0.2) is 10.4 Å². The van der Waals surface area contributed by atoms with Crippen molar-refractivity contribution in [3.05, 3.63) is 20.8 Å². The zero-order chi connectivity index (χ0) is 8.43. The molecule has 11 heavy (non-hydrogen) atoms. The van der Waals surface area contributed by atoms with E-state index in [-0.39, 0.29) is 0 Å². The van der Waals surface area contributed by atoms with Crippen LogP contribution in [-0.2, 0) is 0 Å². The second-order valence-corrected chi connectivity index (χ2v) is 4.77. The molecule has 1 N–H and O–H groups in total. The number of hydrogen-bond acceptors (Lipinski definition) is 2. The molecule has 0 spiro atoms. The maximum absolute atomic E-state index is 9.42. The molecule has 0 fully saturated rings. The Hall–Kier alpha value is 0.430. The molecule has 1 aromatic rings. The molecule has 1 atom stereocenters. The first-order valence-electron chi connectivity index (χ1n) is 3.15. The SMILES string of the molecule is Cc1sc(Cl)cc1C(O)CBr. The lowest BCUT2D eigenvalue weighted by molar-refractivity contribution is 0.205. The first kappa shape index (κ1) is 9.52. The van der Waals surface area contributed by atoms with E-state index in [9.17, 15) is 5.11 Å². The number of rotatable bonds is 2. The standard InChI is InChI=1S/C7H8BrClOS/c1-4-5(6(10)3-8)2-7(9)11-4/h2,6,10H,3H2,1H3. The van der Waals surface area contributed by atoms with Crippen molar-refractivity contribution in [1.82, 2.24) is 0 Å². The quantitative estimate of drug-likeness (QED) is 0.805. The van der Waals surface area contributed by atoms with E-state index in [0.717, 1.165) is 14.8 Å². The molecular weight excluding hydrogens is 247 g/mol. The summed E-state index contributed by atoms with van der Waals surface area (Å²) in [5, 5.41) is 9.98. The van der Waals surface area contributed by atoms with Crippen LogP contribution in [0.25, 0.3) is 0 Å². The molecule has 0 aliphatic rings. The van der Waals surface area contributed by atoms with Crippen molar-refractivity contribution in [3.63, 3.8) is 0 Å². The maximum Gasteiger partial charge on any atom is 0.0934 e. The van der Waals surface area contributed by atoms with Crippen molar-refractivity contribution >= 4 is 38.9 Å². The van der Waals surface area contributed by atoms with E-state index in [1.165, 1.54) is 11.3 Å². The van der Waals surface area contributed by atoms with Gasteiger partial charge in [-0.3, -0.25) is 0 Å². The summed E-state index contributed by atoms with van der Waals surface area (Å²) in [7, 11) is 0. The van der Waals surface area contributed by atoms with Gasteiger partial charge in [0.1, 0.15) is 0 Å². The minimum Gasteiger partial charge on any atom is -0.388 e. The van der Waals surface area contributed by atoms with Gasteiger partial charge in [-0.15, -0.1) is 11.3 Å². The maximum atomic E-state index is 9.42. The van der Waals surface area contributed by atoms with E-state index < -0.39 is 6.10 Å². The van der Waals surface area contributed by atoms with Gasteiger partial charge in [-0.25, -0.2) is 0 Å². The molecule has 0 aromatic carbocycles. The second-order valence-electron chi connectivity index (χ2n) is 2.23. The molecule has 4 heteroatoms. The predicted molar refractivity (Wildman–Crippen MR) is 52.8 cm³/mol. The highest BCUT2D eigenvalue weighted by Gasteiger charge is 2.11. The molecule has 1 rings (SSSR count). The number of aliphatic hydroxyl groups is 1. The normalized spacial score (nSPS) is 13.5. The Morgan fingerprint density at radius 1 is 1.82 bits per heavy atom. The molecule has 62 valence electrons. The molecule has 0 bridgehead atoms. The van der Waals surface area contributed by atoms with Crippen LogP contribution in [0.1, 0.15) is 16.5 Å². The lowest BCUT2D eigenvalue weighted by Crippen LogP contribution is -1.97. The van der Waals surface area contributed by atoms with Gasteiger partial charge >= 0.3 is 0 Å². The summed E-state index contributed by atoms with van der Waals surface area (Å²) in [4.78, 5) is 1.09. The number of alkyl halides is 1. The van der Waals surface area contributed by atoms with Crippen molar-refractivity contribution in [2.45, 2.75) is 13.0 Å². The number of aliphatic hydroxyl groups excluding tert-OH is 1. The topological polar surface area (TPSA) is 20.2 Å². The first-order valence-corrected chi connectivity index (χ1v) is 5.46. The molecule has 1 unspecified atom stereocenters. The van der Waals surface area contributed by atoms with Gasteiger partial charge in [0, 0.05) is 10.2 Å². The van der Waals surface area contributed by atoms with E-state index in [1.54, 1.807) is 0 Å². The predicted octanol–water partition coefficient (Wildman–Crippen LogP) is 3.14. The minimum atomic E-state index is -0.432. The first-order chi connectivity index (χ1) is 5.15. The van der Waals surface area contributed by atoms with E-state index in [4.69, 9.17) is 11.6 Å². The van der Waals surface area contributed by atoms with E-state index in [0.29, 0.717) is 5.33 Å². The Kier molecular flexibility index (Phi) is 3.37. The fraction of sp³-hybridized carbons (Fsp3) is 0.429. The number of halogens is 2. The van der Waals surface area contributed by atoms with Crippen LogP contribution >= 0.6 is 38.9 Å². The van der Waals surface area contributed by atoms with Crippen LogP contribution in [0.4, 0.5) is 0 Å². The average molecular weight is 256 g/mol. The number of hydrogen-bond donors (Lipinski definition) is 1. The summed E-state index contributed by atoms with van der Waals surface area (Å²) in [6.07, 6.45) is -0.432. The van der Waals surface area contributed by atoms with Crippen LogP contribution in [0.2, 0.25) is 4.34 Å². The Balaban J connectivity index is 2.93. The second kappa shape index (κ2) is 3.90. The summed E-state index contributed by atoms with van der Waals surface area (Å²) in [6.45, 7) is 1.96. The fourth-order valence-electron chi connectivity index (χ4n) is 0.872. The molecular formula is C7H8BrClOS. The zero-order valence-corrected chi connectivity index (χ0v) is 9.13. The van der Waals surface area contributed by atoms with Crippen molar-refractivity contribution in [3.8, 4) is 0 Å². The van der Waals surface area contributed by atoms with E-state index in [2.05, 4.69) is 15.9 Å². The molecule has 1 nitrogen and oxygen atoms in total. The molecule has 0 amide bonds. The Bertz CT molecular complexity index is 249. The molecule has 0 radical (unpaired) electrons. The van der Waals surface area contributed by atoms with Crippen molar-refractivity contribution in [2.24, 2.45) is 0 Å². The van der Waals surface area contributed by atoms with Gasteiger partial charge in [0.2, 0.25) is 0 Å². The third-order valence-electron chi connectivity index (χ3n) is 1.43. The summed E-state index contributed by atoms with van der Waals surface area (Å²) in [5.41, 5.74) is 0.928. The average Bonchev–Trinajstić information content (AvgIpc) is 2.28. The van der Waals surface area contributed by atoms with Gasteiger partial charge in [-0.05, 0) is 18.6 Å². The van der Waals surface area contributed by atoms with Crippen LogP contribution < -0.4 is 0 Å². The zero-order valence-electron chi connectivity index (χ0n) is 5.97. The van der Waals surface area contributed by atoms with E-state index >= 15 is 0 Å². The summed E-state index contributed by atoms with van der Waals surface area (Å²) >= 11 is 10.5. The van der Waals surface area contributed by atoms with Crippen LogP contribution in [0.3, 0.4) is 0 Å². The number of thiophene rings is 1. The van der Waals surface area contributed by atoms with Crippen molar-refractivity contribution < 1.29 is 5.11 Å². The summed E-state index contributed by atoms with van der Waals surface area (Å²) in [5.74, 6) is 0. The minimum absolute atomic E-state index is 0.432. The highest BCUT2D eigenvalue weighted by molar-refractivity contribution is 9.09. The van der Waals surface area contributed by atoms with Gasteiger partial charge in [0.05, 0.1) is 10.4 Å².